The molecule has 0 aliphatic carbocycles. The first-order valence-electron chi connectivity index (χ1n) is 6.49. The van der Waals surface area contributed by atoms with Crippen molar-refractivity contribution in [1.29, 1.82) is 0 Å². The van der Waals surface area contributed by atoms with Crippen LogP contribution in [0.1, 0.15) is 32.6 Å². The molecule has 108 valence electrons. The van der Waals surface area contributed by atoms with Gasteiger partial charge in [0, 0.05) is 26.3 Å². The van der Waals surface area contributed by atoms with Gasteiger partial charge in [-0.25, -0.2) is 0 Å². The molecule has 0 aromatic heterocycles. The summed E-state index contributed by atoms with van der Waals surface area (Å²) in [5.74, 6) is -0.00244. The smallest absolute Gasteiger partial charge is 0.249 e. The van der Waals surface area contributed by atoms with Crippen LogP contribution >= 0.6 is 12.4 Å². The fourth-order valence-corrected chi connectivity index (χ4v) is 1.87. The average Bonchev–Trinajstić information content (AvgIpc) is 2.82. The first kappa shape index (κ1) is 17.6. The van der Waals surface area contributed by atoms with E-state index in [1.165, 1.54) is 0 Å². The molecule has 0 bridgehead atoms. The Morgan fingerprint density at radius 2 is 2.22 bits per heavy atom. The van der Waals surface area contributed by atoms with Crippen LogP contribution in [0, 0.1) is 0 Å². The van der Waals surface area contributed by atoms with E-state index in [9.17, 15) is 4.79 Å². The summed E-state index contributed by atoms with van der Waals surface area (Å²) in [4.78, 5) is 11.7. The molecule has 0 radical (unpaired) electrons. The summed E-state index contributed by atoms with van der Waals surface area (Å²) in [6.07, 6.45) is 3.36. The number of unbranched alkanes of at least 4 members (excludes halogenated alkanes) is 1. The first-order valence-corrected chi connectivity index (χ1v) is 6.49. The Labute approximate surface area is 115 Å². The van der Waals surface area contributed by atoms with Crippen LogP contribution in [0.5, 0.6) is 0 Å². The highest BCUT2D eigenvalue weighted by Crippen LogP contribution is 2.18. The summed E-state index contributed by atoms with van der Waals surface area (Å²) in [5, 5.41) is 2.89. The van der Waals surface area contributed by atoms with E-state index < -0.39 is 0 Å². The van der Waals surface area contributed by atoms with Gasteiger partial charge in [-0.2, -0.15) is 0 Å². The number of carbonyl (C=O) groups is 1. The van der Waals surface area contributed by atoms with Crippen molar-refractivity contribution in [1.82, 2.24) is 5.32 Å². The summed E-state index contributed by atoms with van der Waals surface area (Å²) in [7, 11) is 0. The number of carbonyl (C=O) groups excluding carboxylic acids is 1. The number of hydrogen-bond acceptors (Lipinski definition) is 4. The van der Waals surface area contributed by atoms with Crippen molar-refractivity contribution in [3.8, 4) is 0 Å². The highest BCUT2D eigenvalue weighted by Gasteiger charge is 2.29. The Morgan fingerprint density at radius 1 is 1.44 bits per heavy atom. The molecule has 0 unspecified atom stereocenters. The van der Waals surface area contributed by atoms with Crippen LogP contribution in [0.4, 0.5) is 0 Å². The van der Waals surface area contributed by atoms with Crippen molar-refractivity contribution < 1.29 is 14.3 Å². The fourth-order valence-electron chi connectivity index (χ4n) is 1.87. The lowest BCUT2D eigenvalue weighted by Gasteiger charge is -2.12. The second-order valence-electron chi connectivity index (χ2n) is 4.25. The number of hydrogen-bond donors (Lipinski definition) is 2. The Kier molecular flexibility index (Phi) is 10.3. The Bertz CT molecular complexity index is 229. The van der Waals surface area contributed by atoms with Crippen LogP contribution in [0.25, 0.3) is 0 Å². The zero-order chi connectivity index (χ0) is 12.5. The molecule has 5 nitrogen and oxygen atoms in total. The lowest BCUT2D eigenvalue weighted by atomic mass is 10.2. The highest BCUT2D eigenvalue weighted by atomic mass is 35.5. The van der Waals surface area contributed by atoms with Crippen molar-refractivity contribution >= 4 is 18.3 Å². The third-order valence-electron chi connectivity index (χ3n) is 2.88. The van der Waals surface area contributed by atoms with Crippen LogP contribution in [0.2, 0.25) is 0 Å². The van der Waals surface area contributed by atoms with E-state index in [0.717, 1.165) is 38.9 Å². The normalized spacial score (nSPS) is 22.6. The van der Waals surface area contributed by atoms with Crippen LogP contribution in [-0.4, -0.2) is 44.4 Å². The van der Waals surface area contributed by atoms with Crippen LogP contribution in [0.3, 0.4) is 0 Å². The number of ether oxygens (including phenoxy) is 2. The predicted molar refractivity (Wildman–Crippen MR) is 72.9 cm³/mol. The van der Waals surface area contributed by atoms with Gasteiger partial charge in [-0.15, -0.1) is 12.4 Å². The topological polar surface area (TPSA) is 73.6 Å². The van der Waals surface area contributed by atoms with E-state index >= 15 is 0 Å². The number of nitrogens with two attached hydrogens (primary N) is 1. The quantitative estimate of drug-likeness (QED) is 0.647. The van der Waals surface area contributed by atoms with Crippen LogP contribution < -0.4 is 11.1 Å². The predicted octanol–water partition coefficient (Wildman–Crippen LogP) is 0.847. The van der Waals surface area contributed by atoms with E-state index in [1.54, 1.807) is 0 Å². The number of nitrogens with one attached hydrogen (secondary N) is 1. The molecule has 1 heterocycles. The second kappa shape index (κ2) is 10.6. The molecule has 6 heteroatoms. The second-order valence-corrected chi connectivity index (χ2v) is 4.25. The number of amides is 1. The van der Waals surface area contributed by atoms with E-state index in [4.69, 9.17) is 15.2 Å². The SMILES string of the molecule is CCOCCCCNC(=O)[C@@H]1CC[C@H](CN)O1.Cl. The number of rotatable bonds is 8. The summed E-state index contributed by atoms with van der Waals surface area (Å²) >= 11 is 0. The lowest BCUT2D eigenvalue weighted by molar-refractivity contribution is -0.131. The van der Waals surface area contributed by atoms with Gasteiger partial charge in [0.2, 0.25) is 5.91 Å². The molecule has 0 saturated carbocycles. The highest BCUT2D eigenvalue weighted by molar-refractivity contribution is 5.85. The minimum Gasteiger partial charge on any atom is -0.382 e. The van der Waals surface area contributed by atoms with Crippen LogP contribution in [-0.2, 0) is 14.3 Å². The van der Waals surface area contributed by atoms with E-state index in [-0.39, 0.29) is 30.5 Å². The lowest BCUT2D eigenvalue weighted by Crippen LogP contribution is -2.36. The zero-order valence-corrected chi connectivity index (χ0v) is 11.8. The van der Waals surface area contributed by atoms with Crippen molar-refractivity contribution in [2.45, 2.75) is 44.8 Å². The monoisotopic (exact) mass is 280 g/mol. The number of halogens is 1. The maximum Gasteiger partial charge on any atom is 0.249 e. The molecule has 2 atom stereocenters. The maximum absolute atomic E-state index is 11.7. The van der Waals surface area contributed by atoms with Gasteiger partial charge >= 0.3 is 0 Å². The molecular formula is C12H25ClN2O3. The Hall–Kier alpha value is -0.360. The third kappa shape index (κ3) is 6.54. The molecule has 0 spiro atoms. The molecule has 1 fully saturated rings. The molecule has 18 heavy (non-hydrogen) atoms. The summed E-state index contributed by atoms with van der Waals surface area (Å²) in [5.41, 5.74) is 5.49. The Balaban J connectivity index is 0.00000289. The van der Waals surface area contributed by atoms with E-state index in [2.05, 4.69) is 5.32 Å². The molecule has 0 aromatic rings. The summed E-state index contributed by atoms with van der Waals surface area (Å²) in [6.45, 7) is 4.69. The van der Waals surface area contributed by atoms with Crippen LogP contribution in [0.15, 0.2) is 0 Å². The molecule has 1 amide bonds. The van der Waals surface area contributed by atoms with Crippen molar-refractivity contribution in [2.75, 3.05) is 26.3 Å². The van der Waals surface area contributed by atoms with Gasteiger partial charge in [0.1, 0.15) is 6.10 Å². The van der Waals surface area contributed by atoms with Gasteiger partial charge in [0.25, 0.3) is 0 Å². The minimum absolute atomic E-state index is 0. The largest absolute Gasteiger partial charge is 0.382 e. The van der Waals surface area contributed by atoms with Gasteiger partial charge in [-0.1, -0.05) is 0 Å². The third-order valence-corrected chi connectivity index (χ3v) is 2.88. The van der Waals surface area contributed by atoms with Gasteiger partial charge < -0.3 is 20.5 Å². The molecule has 1 aliphatic heterocycles. The molecule has 1 saturated heterocycles. The van der Waals surface area contributed by atoms with Gasteiger partial charge in [-0.3, -0.25) is 4.79 Å². The minimum atomic E-state index is -0.296. The summed E-state index contributed by atoms with van der Waals surface area (Å²) in [6, 6.07) is 0. The van der Waals surface area contributed by atoms with Gasteiger partial charge in [0.05, 0.1) is 6.10 Å². The summed E-state index contributed by atoms with van der Waals surface area (Å²) < 4.78 is 10.7. The van der Waals surface area contributed by atoms with E-state index in [0.29, 0.717) is 13.1 Å². The fraction of sp³-hybridized carbons (Fsp3) is 0.917. The maximum atomic E-state index is 11.7. The van der Waals surface area contributed by atoms with Gasteiger partial charge in [0.15, 0.2) is 0 Å². The van der Waals surface area contributed by atoms with Crippen molar-refractivity contribution in [2.24, 2.45) is 5.73 Å². The van der Waals surface area contributed by atoms with Gasteiger partial charge in [-0.05, 0) is 32.6 Å². The molecule has 0 aromatic carbocycles. The molecule has 1 rings (SSSR count). The first-order chi connectivity index (χ1) is 8.27. The zero-order valence-electron chi connectivity index (χ0n) is 11.0. The van der Waals surface area contributed by atoms with E-state index in [1.807, 2.05) is 6.92 Å². The molecule has 1 aliphatic rings. The molecule has 3 N–H and O–H groups in total. The standard InChI is InChI=1S/C12H24N2O3.ClH/c1-2-16-8-4-3-7-14-12(15)11-6-5-10(9-13)17-11;/h10-11H,2-9,13H2,1H3,(H,14,15);1H/t10-,11+;/m1./s1. The van der Waals surface area contributed by atoms with Crippen molar-refractivity contribution in [3.05, 3.63) is 0 Å². The van der Waals surface area contributed by atoms with Crippen molar-refractivity contribution in [3.63, 3.8) is 0 Å². The molecular weight excluding hydrogens is 256 g/mol. The Morgan fingerprint density at radius 3 is 2.83 bits per heavy atom. The average molecular weight is 281 g/mol.